The van der Waals surface area contributed by atoms with Gasteiger partial charge in [-0.25, -0.2) is 4.79 Å². The first-order chi connectivity index (χ1) is 11.5. The van der Waals surface area contributed by atoms with Crippen LogP contribution in [0.1, 0.15) is 34.5 Å². The van der Waals surface area contributed by atoms with Crippen molar-refractivity contribution in [2.45, 2.75) is 19.3 Å². The Bertz CT molecular complexity index is 744. The summed E-state index contributed by atoms with van der Waals surface area (Å²) in [4.78, 5) is 24.1. The van der Waals surface area contributed by atoms with Gasteiger partial charge < -0.3 is 15.6 Å². The van der Waals surface area contributed by atoms with E-state index in [1.54, 1.807) is 31.2 Å². The molecule has 1 atom stereocenters. The zero-order valence-corrected chi connectivity index (χ0v) is 14.7. The predicted octanol–water partition coefficient (Wildman–Crippen LogP) is 3.76. The average molecular weight is 368 g/mol. The van der Waals surface area contributed by atoms with E-state index in [0.29, 0.717) is 16.5 Å². The SMILES string of the molecule is CCOC(=O)c1ccc(-c2cc([C@H](CN)CC(=O)O)ccc2Cl)s1. The Kier molecular flexibility index (Phi) is 6.36. The van der Waals surface area contributed by atoms with Gasteiger partial charge in [0, 0.05) is 21.4 Å². The molecule has 0 aliphatic carbocycles. The Balaban J connectivity index is 2.35. The predicted molar refractivity (Wildman–Crippen MR) is 94.8 cm³/mol. The molecule has 0 spiro atoms. The normalized spacial score (nSPS) is 12.0. The molecular formula is C17H18ClNO4S. The molecule has 128 valence electrons. The molecule has 0 saturated heterocycles. The molecule has 0 aliphatic rings. The van der Waals surface area contributed by atoms with Crippen molar-refractivity contribution in [2.24, 2.45) is 5.73 Å². The fourth-order valence-corrected chi connectivity index (χ4v) is 3.53. The minimum atomic E-state index is -0.900. The fourth-order valence-electron chi connectivity index (χ4n) is 2.33. The zero-order chi connectivity index (χ0) is 17.7. The summed E-state index contributed by atoms with van der Waals surface area (Å²) in [5.74, 6) is -1.56. The summed E-state index contributed by atoms with van der Waals surface area (Å²) in [6.45, 7) is 2.30. The lowest BCUT2D eigenvalue weighted by Gasteiger charge is -2.14. The van der Waals surface area contributed by atoms with Crippen LogP contribution in [-0.4, -0.2) is 30.2 Å². The molecule has 1 heterocycles. The number of aliphatic carboxylic acids is 1. The van der Waals surface area contributed by atoms with E-state index in [0.717, 1.165) is 16.0 Å². The van der Waals surface area contributed by atoms with Crippen LogP contribution in [0.2, 0.25) is 5.02 Å². The van der Waals surface area contributed by atoms with Crippen molar-refractivity contribution in [1.82, 2.24) is 0 Å². The number of carboxylic acid groups (broad SMARTS) is 1. The van der Waals surface area contributed by atoms with Gasteiger partial charge in [0.05, 0.1) is 13.0 Å². The van der Waals surface area contributed by atoms with E-state index >= 15 is 0 Å². The van der Waals surface area contributed by atoms with Gasteiger partial charge in [-0.05, 0) is 43.3 Å². The Morgan fingerprint density at radius 3 is 2.71 bits per heavy atom. The van der Waals surface area contributed by atoms with Gasteiger partial charge in [0.15, 0.2) is 0 Å². The molecule has 0 unspecified atom stereocenters. The van der Waals surface area contributed by atoms with Crippen molar-refractivity contribution in [3.63, 3.8) is 0 Å². The van der Waals surface area contributed by atoms with Gasteiger partial charge in [0.2, 0.25) is 0 Å². The molecule has 3 N–H and O–H groups in total. The number of nitrogens with two attached hydrogens (primary N) is 1. The van der Waals surface area contributed by atoms with Crippen LogP contribution in [0.15, 0.2) is 30.3 Å². The zero-order valence-electron chi connectivity index (χ0n) is 13.1. The number of thiophene rings is 1. The van der Waals surface area contributed by atoms with Gasteiger partial charge in [-0.3, -0.25) is 4.79 Å². The number of esters is 1. The number of rotatable bonds is 7. The molecule has 0 saturated carbocycles. The van der Waals surface area contributed by atoms with Gasteiger partial charge in [-0.2, -0.15) is 0 Å². The van der Waals surface area contributed by atoms with Gasteiger partial charge in [-0.1, -0.05) is 17.7 Å². The van der Waals surface area contributed by atoms with Crippen LogP contribution < -0.4 is 5.73 Å². The highest BCUT2D eigenvalue weighted by molar-refractivity contribution is 7.17. The smallest absolute Gasteiger partial charge is 0.348 e. The summed E-state index contributed by atoms with van der Waals surface area (Å²) >= 11 is 7.56. The molecule has 2 aromatic rings. The molecule has 0 radical (unpaired) electrons. The summed E-state index contributed by atoms with van der Waals surface area (Å²) in [5, 5.41) is 9.53. The third kappa shape index (κ3) is 4.35. The van der Waals surface area contributed by atoms with Crippen molar-refractivity contribution < 1.29 is 19.4 Å². The lowest BCUT2D eigenvalue weighted by molar-refractivity contribution is -0.137. The van der Waals surface area contributed by atoms with Crippen molar-refractivity contribution in [3.05, 3.63) is 45.8 Å². The highest BCUT2D eigenvalue weighted by Crippen LogP contribution is 2.36. The molecule has 1 aromatic carbocycles. The average Bonchev–Trinajstić information content (AvgIpc) is 3.03. The second-order valence-electron chi connectivity index (χ2n) is 5.15. The van der Waals surface area contributed by atoms with Crippen LogP contribution in [0.25, 0.3) is 10.4 Å². The highest BCUT2D eigenvalue weighted by atomic mass is 35.5. The molecule has 0 aliphatic heterocycles. The standard InChI is InChI=1S/C17H18ClNO4S/c1-2-23-17(22)15-6-5-14(24-15)12-7-10(3-4-13(12)18)11(9-19)8-16(20)21/h3-7,11H,2,8-9,19H2,1H3,(H,20,21)/t11-/m0/s1. The second kappa shape index (κ2) is 8.28. The van der Waals surface area contributed by atoms with E-state index in [1.165, 1.54) is 11.3 Å². The number of hydrogen-bond donors (Lipinski definition) is 2. The van der Waals surface area contributed by atoms with E-state index in [4.69, 9.17) is 27.2 Å². The summed E-state index contributed by atoms with van der Waals surface area (Å²) < 4.78 is 4.99. The highest BCUT2D eigenvalue weighted by Gasteiger charge is 2.17. The van der Waals surface area contributed by atoms with E-state index in [2.05, 4.69) is 0 Å². The number of ether oxygens (including phenoxy) is 1. The number of halogens is 1. The topological polar surface area (TPSA) is 89.6 Å². The van der Waals surface area contributed by atoms with Gasteiger partial charge in [-0.15, -0.1) is 11.3 Å². The van der Waals surface area contributed by atoms with E-state index in [1.807, 2.05) is 6.07 Å². The Morgan fingerprint density at radius 2 is 2.08 bits per heavy atom. The fraction of sp³-hybridized carbons (Fsp3) is 0.294. The Morgan fingerprint density at radius 1 is 1.33 bits per heavy atom. The molecule has 0 fully saturated rings. The molecule has 2 rings (SSSR count). The minimum Gasteiger partial charge on any atom is -0.481 e. The second-order valence-corrected chi connectivity index (χ2v) is 6.65. The first kappa shape index (κ1) is 18.4. The third-order valence-electron chi connectivity index (χ3n) is 3.52. The van der Waals surface area contributed by atoms with Crippen LogP contribution in [-0.2, 0) is 9.53 Å². The van der Waals surface area contributed by atoms with Crippen LogP contribution in [0, 0.1) is 0 Å². The van der Waals surface area contributed by atoms with Gasteiger partial charge in [0.1, 0.15) is 4.88 Å². The summed E-state index contributed by atoms with van der Waals surface area (Å²) in [5.41, 5.74) is 7.26. The first-order valence-electron chi connectivity index (χ1n) is 7.44. The molecule has 1 aromatic heterocycles. The maximum Gasteiger partial charge on any atom is 0.348 e. The molecule has 0 amide bonds. The number of carboxylic acids is 1. The van der Waals surface area contributed by atoms with Crippen molar-refractivity contribution >= 4 is 34.9 Å². The van der Waals surface area contributed by atoms with E-state index < -0.39 is 5.97 Å². The molecular weight excluding hydrogens is 350 g/mol. The molecule has 0 bridgehead atoms. The monoisotopic (exact) mass is 367 g/mol. The van der Waals surface area contributed by atoms with Gasteiger partial charge in [0.25, 0.3) is 0 Å². The van der Waals surface area contributed by atoms with Crippen molar-refractivity contribution in [1.29, 1.82) is 0 Å². The minimum absolute atomic E-state index is 0.0455. The molecule has 7 heteroatoms. The largest absolute Gasteiger partial charge is 0.481 e. The summed E-state index contributed by atoms with van der Waals surface area (Å²) in [6, 6.07) is 8.84. The van der Waals surface area contributed by atoms with E-state index in [9.17, 15) is 9.59 Å². The number of carbonyl (C=O) groups excluding carboxylic acids is 1. The van der Waals surface area contributed by atoms with E-state index in [-0.39, 0.29) is 24.9 Å². The molecule has 24 heavy (non-hydrogen) atoms. The Labute approximate surface area is 149 Å². The molecule has 5 nitrogen and oxygen atoms in total. The Hall–Kier alpha value is -1.89. The number of carbonyl (C=O) groups is 2. The summed E-state index contributed by atoms with van der Waals surface area (Å²) in [6.07, 6.45) is -0.0455. The van der Waals surface area contributed by atoms with Crippen LogP contribution in [0.5, 0.6) is 0 Å². The van der Waals surface area contributed by atoms with Crippen molar-refractivity contribution in [2.75, 3.05) is 13.2 Å². The van der Waals surface area contributed by atoms with Crippen LogP contribution in [0.3, 0.4) is 0 Å². The van der Waals surface area contributed by atoms with Gasteiger partial charge >= 0.3 is 11.9 Å². The third-order valence-corrected chi connectivity index (χ3v) is 4.94. The summed E-state index contributed by atoms with van der Waals surface area (Å²) in [7, 11) is 0. The number of benzene rings is 1. The maximum atomic E-state index is 11.8. The number of hydrogen-bond acceptors (Lipinski definition) is 5. The van der Waals surface area contributed by atoms with Crippen LogP contribution in [0.4, 0.5) is 0 Å². The first-order valence-corrected chi connectivity index (χ1v) is 8.64. The van der Waals surface area contributed by atoms with Crippen molar-refractivity contribution in [3.8, 4) is 10.4 Å². The quantitative estimate of drug-likeness (QED) is 0.727. The maximum absolute atomic E-state index is 11.8. The lowest BCUT2D eigenvalue weighted by atomic mass is 9.94. The lowest BCUT2D eigenvalue weighted by Crippen LogP contribution is -2.16. The van der Waals surface area contributed by atoms with Crippen LogP contribution >= 0.6 is 22.9 Å².